The number of benzene rings is 1. The standard InChI is InChI=1S/C12H15N5O/c1-7-15-8(2)17(16-7)6-10-4-3-9(12(14)18)5-11(10)13/h3-5H,6,13H2,1-2H3,(H2,14,18). The Morgan fingerprint density at radius 1 is 1.39 bits per heavy atom. The fraction of sp³-hybridized carbons (Fsp3) is 0.250. The van der Waals surface area contributed by atoms with Crippen molar-refractivity contribution in [1.82, 2.24) is 14.8 Å². The van der Waals surface area contributed by atoms with Crippen LogP contribution in [0.1, 0.15) is 27.6 Å². The Kier molecular flexibility index (Phi) is 3.01. The highest BCUT2D eigenvalue weighted by Gasteiger charge is 2.08. The highest BCUT2D eigenvalue weighted by molar-refractivity contribution is 5.93. The predicted molar refractivity (Wildman–Crippen MR) is 68.0 cm³/mol. The van der Waals surface area contributed by atoms with Crippen LogP contribution in [0.3, 0.4) is 0 Å². The number of aryl methyl sites for hydroxylation is 2. The number of nitrogens with zero attached hydrogens (tertiary/aromatic N) is 3. The van der Waals surface area contributed by atoms with Gasteiger partial charge in [0.1, 0.15) is 11.6 Å². The van der Waals surface area contributed by atoms with Crippen molar-refractivity contribution in [2.24, 2.45) is 5.73 Å². The molecule has 1 heterocycles. The van der Waals surface area contributed by atoms with Crippen molar-refractivity contribution < 1.29 is 4.79 Å². The normalized spacial score (nSPS) is 10.6. The molecule has 1 aromatic heterocycles. The van der Waals surface area contributed by atoms with Gasteiger partial charge in [0.25, 0.3) is 0 Å². The average Bonchev–Trinajstić information content (AvgIpc) is 2.60. The summed E-state index contributed by atoms with van der Waals surface area (Å²) < 4.78 is 1.77. The topological polar surface area (TPSA) is 99.8 Å². The molecule has 0 atom stereocenters. The third kappa shape index (κ3) is 2.32. The van der Waals surface area contributed by atoms with Crippen LogP contribution >= 0.6 is 0 Å². The maximum absolute atomic E-state index is 11.0. The van der Waals surface area contributed by atoms with Gasteiger partial charge in [0.05, 0.1) is 6.54 Å². The summed E-state index contributed by atoms with van der Waals surface area (Å²) in [6, 6.07) is 5.02. The molecule has 0 fully saturated rings. The smallest absolute Gasteiger partial charge is 0.248 e. The lowest BCUT2D eigenvalue weighted by molar-refractivity contribution is 0.100. The van der Waals surface area contributed by atoms with Crippen molar-refractivity contribution >= 4 is 11.6 Å². The molecule has 94 valence electrons. The first-order chi connectivity index (χ1) is 8.47. The first-order valence-corrected chi connectivity index (χ1v) is 5.53. The van der Waals surface area contributed by atoms with E-state index in [4.69, 9.17) is 11.5 Å². The Balaban J connectivity index is 2.30. The van der Waals surface area contributed by atoms with E-state index in [0.717, 1.165) is 17.2 Å². The molecule has 6 nitrogen and oxygen atoms in total. The van der Waals surface area contributed by atoms with Crippen LogP contribution < -0.4 is 11.5 Å². The second-order valence-corrected chi connectivity index (χ2v) is 4.14. The molecular formula is C12H15N5O. The van der Waals surface area contributed by atoms with Crippen molar-refractivity contribution in [3.63, 3.8) is 0 Å². The van der Waals surface area contributed by atoms with E-state index in [-0.39, 0.29) is 0 Å². The minimum Gasteiger partial charge on any atom is -0.398 e. The fourth-order valence-corrected chi connectivity index (χ4v) is 1.76. The first-order valence-electron chi connectivity index (χ1n) is 5.53. The number of primary amides is 1. The van der Waals surface area contributed by atoms with Crippen molar-refractivity contribution in [1.29, 1.82) is 0 Å². The monoisotopic (exact) mass is 245 g/mol. The molecule has 0 unspecified atom stereocenters. The van der Waals surface area contributed by atoms with Gasteiger partial charge in [0.2, 0.25) is 5.91 Å². The summed E-state index contributed by atoms with van der Waals surface area (Å²) in [7, 11) is 0. The molecule has 0 aliphatic carbocycles. The number of carbonyl (C=O) groups is 1. The summed E-state index contributed by atoms with van der Waals surface area (Å²) in [5.74, 6) is 1.06. The Morgan fingerprint density at radius 2 is 2.11 bits per heavy atom. The number of rotatable bonds is 3. The largest absolute Gasteiger partial charge is 0.398 e. The summed E-state index contributed by atoms with van der Waals surface area (Å²) in [5.41, 5.74) is 12.9. The lowest BCUT2D eigenvalue weighted by Gasteiger charge is -2.08. The second kappa shape index (κ2) is 4.48. The lowest BCUT2D eigenvalue weighted by Crippen LogP contribution is -2.12. The number of amides is 1. The van der Waals surface area contributed by atoms with E-state index in [1.165, 1.54) is 0 Å². The molecule has 18 heavy (non-hydrogen) atoms. The number of aromatic nitrogens is 3. The zero-order valence-corrected chi connectivity index (χ0v) is 10.3. The van der Waals surface area contributed by atoms with Gasteiger partial charge in [0, 0.05) is 11.3 Å². The summed E-state index contributed by atoms with van der Waals surface area (Å²) in [5, 5.41) is 4.26. The average molecular weight is 245 g/mol. The predicted octanol–water partition coefficient (Wildman–Crippen LogP) is 0.624. The van der Waals surface area contributed by atoms with E-state index in [1.807, 2.05) is 13.8 Å². The van der Waals surface area contributed by atoms with Gasteiger partial charge in [-0.05, 0) is 31.5 Å². The Morgan fingerprint density at radius 3 is 2.61 bits per heavy atom. The van der Waals surface area contributed by atoms with Crippen LogP contribution in [0.25, 0.3) is 0 Å². The molecule has 0 aliphatic heterocycles. The van der Waals surface area contributed by atoms with Crippen molar-refractivity contribution in [2.45, 2.75) is 20.4 Å². The number of nitrogen functional groups attached to an aromatic ring is 1. The number of hydrogen-bond donors (Lipinski definition) is 2. The molecule has 1 amide bonds. The molecule has 0 spiro atoms. The summed E-state index contributed by atoms with van der Waals surface area (Å²) in [6.45, 7) is 4.24. The first kappa shape index (κ1) is 12.1. The van der Waals surface area contributed by atoms with E-state index < -0.39 is 5.91 Å². The number of hydrogen-bond acceptors (Lipinski definition) is 4. The van der Waals surface area contributed by atoms with Crippen LogP contribution in [0.15, 0.2) is 18.2 Å². The van der Waals surface area contributed by atoms with E-state index >= 15 is 0 Å². The molecular weight excluding hydrogens is 230 g/mol. The maximum atomic E-state index is 11.0. The van der Waals surface area contributed by atoms with Crippen molar-refractivity contribution in [2.75, 3.05) is 5.73 Å². The quantitative estimate of drug-likeness (QED) is 0.774. The minimum absolute atomic E-state index is 0.405. The van der Waals surface area contributed by atoms with Crippen LogP contribution in [0.4, 0.5) is 5.69 Å². The highest BCUT2D eigenvalue weighted by atomic mass is 16.1. The zero-order chi connectivity index (χ0) is 13.3. The van der Waals surface area contributed by atoms with Crippen LogP contribution in [-0.2, 0) is 6.54 Å². The van der Waals surface area contributed by atoms with Gasteiger partial charge < -0.3 is 11.5 Å². The van der Waals surface area contributed by atoms with Gasteiger partial charge in [-0.2, -0.15) is 5.10 Å². The molecule has 6 heteroatoms. The summed E-state index contributed by atoms with van der Waals surface area (Å²) in [6.07, 6.45) is 0. The van der Waals surface area contributed by atoms with Crippen LogP contribution in [0, 0.1) is 13.8 Å². The molecule has 0 bridgehead atoms. The van der Waals surface area contributed by atoms with Crippen LogP contribution in [0.2, 0.25) is 0 Å². The molecule has 0 radical (unpaired) electrons. The number of anilines is 1. The second-order valence-electron chi connectivity index (χ2n) is 4.14. The minimum atomic E-state index is -0.485. The molecule has 2 rings (SSSR count). The Hall–Kier alpha value is -2.37. The van der Waals surface area contributed by atoms with E-state index in [9.17, 15) is 4.79 Å². The van der Waals surface area contributed by atoms with Crippen molar-refractivity contribution in [3.8, 4) is 0 Å². The summed E-state index contributed by atoms with van der Waals surface area (Å²) in [4.78, 5) is 15.2. The highest BCUT2D eigenvalue weighted by Crippen LogP contribution is 2.15. The molecule has 2 aromatic rings. The third-order valence-corrected chi connectivity index (χ3v) is 2.71. The number of nitrogens with two attached hydrogens (primary N) is 2. The van der Waals surface area contributed by atoms with E-state index in [0.29, 0.717) is 17.8 Å². The van der Waals surface area contributed by atoms with Gasteiger partial charge in [-0.15, -0.1) is 0 Å². The molecule has 0 saturated carbocycles. The van der Waals surface area contributed by atoms with Gasteiger partial charge >= 0.3 is 0 Å². The molecule has 0 aliphatic rings. The van der Waals surface area contributed by atoms with Crippen LogP contribution in [-0.4, -0.2) is 20.7 Å². The van der Waals surface area contributed by atoms with Gasteiger partial charge in [-0.25, -0.2) is 9.67 Å². The Bertz CT molecular complexity index is 603. The molecule has 0 saturated heterocycles. The third-order valence-electron chi connectivity index (χ3n) is 2.71. The Labute approximate surface area is 105 Å². The zero-order valence-electron chi connectivity index (χ0n) is 10.3. The maximum Gasteiger partial charge on any atom is 0.248 e. The summed E-state index contributed by atoms with van der Waals surface area (Å²) >= 11 is 0. The van der Waals surface area contributed by atoms with E-state index in [1.54, 1.807) is 22.9 Å². The van der Waals surface area contributed by atoms with E-state index in [2.05, 4.69) is 10.1 Å². The lowest BCUT2D eigenvalue weighted by atomic mass is 10.1. The van der Waals surface area contributed by atoms with Gasteiger partial charge in [-0.1, -0.05) is 6.07 Å². The molecule has 4 N–H and O–H groups in total. The van der Waals surface area contributed by atoms with Crippen LogP contribution in [0.5, 0.6) is 0 Å². The number of carbonyl (C=O) groups excluding carboxylic acids is 1. The molecule has 1 aromatic carbocycles. The van der Waals surface area contributed by atoms with Crippen molar-refractivity contribution in [3.05, 3.63) is 41.0 Å². The fourth-order valence-electron chi connectivity index (χ4n) is 1.76. The SMILES string of the molecule is Cc1nc(C)n(Cc2ccc(C(N)=O)cc2N)n1. The van der Waals surface area contributed by atoms with Gasteiger partial charge in [0.15, 0.2) is 0 Å². The van der Waals surface area contributed by atoms with Gasteiger partial charge in [-0.3, -0.25) is 4.79 Å².